The summed E-state index contributed by atoms with van der Waals surface area (Å²) in [5, 5.41) is 13.2. The number of halogens is 3. The van der Waals surface area contributed by atoms with Gasteiger partial charge in [0.05, 0.1) is 11.2 Å². The third-order valence-corrected chi connectivity index (χ3v) is 3.98. The van der Waals surface area contributed by atoms with Crippen molar-refractivity contribution in [2.45, 2.75) is 44.4 Å². The monoisotopic (exact) mass is 303 g/mol. The van der Waals surface area contributed by atoms with Gasteiger partial charge in [0.15, 0.2) is 0 Å². The van der Waals surface area contributed by atoms with Gasteiger partial charge in [0.1, 0.15) is 11.6 Å². The highest BCUT2D eigenvalue weighted by Crippen LogP contribution is 2.33. The molecule has 0 amide bonds. The first kappa shape index (κ1) is 15.9. The molecule has 1 heterocycles. The molecule has 0 aromatic carbocycles. The standard InChI is InChI=1S/C14H20F3N3O/c1-9-2-4-13(21,5-3-9)8-19-12-7-10(14(15,16)17)6-11(18)20-12/h6-7,9,21H,2-5,8H2,1H3,(H3,18,19,20). The van der Waals surface area contributed by atoms with E-state index in [0.29, 0.717) is 18.8 Å². The van der Waals surface area contributed by atoms with Crippen LogP contribution in [0.2, 0.25) is 0 Å². The van der Waals surface area contributed by atoms with Gasteiger partial charge in [-0.15, -0.1) is 0 Å². The van der Waals surface area contributed by atoms with Gasteiger partial charge in [-0.25, -0.2) is 4.98 Å². The Bertz CT molecular complexity index is 497. The van der Waals surface area contributed by atoms with Gasteiger partial charge in [0.2, 0.25) is 0 Å². The van der Waals surface area contributed by atoms with Crippen molar-refractivity contribution in [2.24, 2.45) is 5.92 Å². The molecule has 1 saturated carbocycles. The fourth-order valence-corrected chi connectivity index (χ4v) is 2.54. The lowest BCUT2D eigenvalue weighted by Crippen LogP contribution is -2.40. The van der Waals surface area contributed by atoms with E-state index in [-0.39, 0.29) is 18.2 Å². The molecule has 0 radical (unpaired) electrons. The van der Waals surface area contributed by atoms with Gasteiger partial charge in [-0.05, 0) is 43.7 Å². The number of aliphatic hydroxyl groups is 1. The van der Waals surface area contributed by atoms with Crippen molar-refractivity contribution in [2.75, 3.05) is 17.6 Å². The molecule has 1 aromatic rings. The predicted molar refractivity (Wildman–Crippen MR) is 74.7 cm³/mol. The van der Waals surface area contributed by atoms with Crippen LogP contribution in [0.25, 0.3) is 0 Å². The second-order valence-corrected chi connectivity index (χ2v) is 5.92. The third kappa shape index (κ3) is 4.23. The molecule has 1 aliphatic rings. The average Bonchev–Trinajstić information content (AvgIpc) is 2.39. The number of alkyl halides is 3. The highest BCUT2D eigenvalue weighted by Gasteiger charge is 2.33. The van der Waals surface area contributed by atoms with E-state index < -0.39 is 17.3 Å². The number of rotatable bonds is 3. The summed E-state index contributed by atoms with van der Waals surface area (Å²) in [6.07, 6.45) is -1.37. The van der Waals surface area contributed by atoms with Crippen LogP contribution in [0.3, 0.4) is 0 Å². The Morgan fingerprint density at radius 3 is 2.57 bits per heavy atom. The van der Waals surface area contributed by atoms with E-state index in [9.17, 15) is 18.3 Å². The van der Waals surface area contributed by atoms with E-state index in [2.05, 4.69) is 17.2 Å². The van der Waals surface area contributed by atoms with Crippen LogP contribution >= 0.6 is 0 Å². The molecular formula is C14H20F3N3O. The highest BCUT2D eigenvalue weighted by atomic mass is 19.4. The van der Waals surface area contributed by atoms with Crippen LogP contribution < -0.4 is 11.1 Å². The molecule has 0 bridgehead atoms. The lowest BCUT2D eigenvalue weighted by molar-refractivity contribution is -0.137. The van der Waals surface area contributed by atoms with Crippen molar-refractivity contribution in [3.8, 4) is 0 Å². The van der Waals surface area contributed by atoms with Crippen LogP contribution in [0.1, 0.15) is 38.2 Å². The minimum atomic E-state index is -4.47. The summed E-state index contributed by atoms with van der Waals surface area (Å²) in [7, 11) is 0. The summed E-state index contributed by atoms with van der Waals surface area (Å²) in [5.74, 6) is 0.415. The van der Waals surface area contributed by atoms with Crippen molar-refractivity contribution in [1.82, 2.24) is 4.98 Å². The van der Waals surface area contributed by atoms with Crippen LogP contribution in [0.4, 0.5) is 24.8 Å². The molecule has 21 heavy (non-hydrogen) atoms. The van der Waals surface area contributed by atoms with Crippen LogP contribution in [-0.2, 0) is 6.18 Å². The van der Waals surface area contributed by atoms with E-state index in [1.807, 2.05) is 0 Å². The van der Waals surface area contributed by atoms with Gasteiger partial charge in [-0.1, -0.05) is 6.92 Å². The molecule has 0 unspecified atom stereocenters. The maximum atomic E-state index is 12.7. The summed E-state index contributed by atoms with van der Waals surface area (Å²) in [6.45, 7) is 2.30. The lowest BCUT2D eigenvalue weighted by atomic mass is 9.79. The Morgan fingerprint density at radius 2 is 2.00 bits per heavy atom. The van der Waals surface area contributed by atoms with Gasteiger partial charge in [-0.2, -0.15) is 13.2 Å². The van der Waals surface area contributed by atoms with Crippen molar-refractivity contribution in [3.05, 3.63) is 17.7 Å². The fraction of sp³-hybridized carbons (Fsp3) is 0.643. The number of hydrogen-bond donors (Lipinski definition) is 3. The molecule has 1 aliphatic carbocycles. The zero-order valence-electron chi connectivity index (χ0n) is 11.9. The number of nitrogen functional groups attached to an aromatic ring is 1. The Balaban J connectivity index is 2.05. The first-order valence-corrected chi connectivity index (χ1v) is 6.99. The zero-order chi connectivity index (χ0) is 15.7. The number of anilines is 2. The Labute approximate surface area is 121 Å². The van der Waals surface area contributed by atoms with Crippen LogP contribution in [-0.4, -0.2) is 22.2 Å². The highest BCUT2D eigenvalue weighted by molar-refractivity contribution is 5.47. The zero-order valence-corrected chi connectivity index (χ0v) is 11.9. The number of aromatic nitrogens is 1. The lowest BCUT2D eigenvalue weighted by Gasteiger charge is -2.35. The van der Waals surface area contributed by atoms with E-state index in [0.717, 1.165) is 25.0 Å². The summed E-state index contributed by atoms with van der Waals surface area (Å²) < 4.78 is 38.1. The molecule has 2 rings (SSSR count). The minimum absolute atomic E-state index is 0.0365. The normalized spacial score (nSPS) is 26.6. The molecule has 1 fully saturated rings. The Morgan fingerprint density at radius 1 is 1.38 bits per heavy atom. The number of nitrogens with zero attached hydrogens (tertiary/aromatic N) is 1. The Hall–Kier alpha value is -1.50. The summed E-state index contributed by atoms with van der Waals surface area (Å²) in [4.78, 5) is 3.83. The molecule has 7 heteroatoms. The molecule has 4 nitrogen and oxygen atoms in total. The largest absolute Gasteiger partial charge is 0.416 e. The summed E-state index contributed by atoms with van der Waals surface area (Å²) in [6, 6.07) is 1.70. The SMILES string of the molecule is CC1CCC(O)(CNc2cc(C(F)(F)F)cc(N)n2)CC1. The topological polar surface area (TPSA) is 71.2 Å². The maximum absolute atomic E-state index is 12.7. The smallest absolute Gasteiger partial charge is 0.388 e. The van der Waals surface area contributed by atoms with Crippen molar-refractivity contribution in [1.29, 1.82) is 0 Å². The van der Waals surface area contributed by atoms with Crippen LogP contribution in [0.15, 0.2) is 12.1 Å². The molecule has 0 aliphatic heterocycles. The van der Waals surface area contributed by atoms with Gasteiger partial charge < -0.3 is 16.2 Å². The second-order valence-electron chi connectivity index (χ2n) is 5.92. The molecule has 118 valence electrons. The van der Waals surface area contributed by atoms with E-state index in [1.54, 1.807) is 0 Å². The molecule has 0 spiro atoms. The maximum Gasteiger partial charge on any atom is 0.416 e. The predicted octanol–water partition coefficient (Wildman–Crippen LogP) is 3.04. The first-order chi connectivity index (χ1) is 9.68. The second kappa shape index (κ2) is 5.71. The van der Waals surface area contributed by atoms with Crippen molar-refractivity contribution < 1.29 is 18.3 Å². The quantitative estimate of drug-likeness (QED) is 0.802. The van der Waals surface area contributed by atoms with Crippen molar-refractivity contribution >= 4 is 11.6 Å². The average molecular weight is 303 g/mol. The third-order valence-electron chi connectivity index (χ3n) is 3.98. The van der Waals surface area contributed by atoms with Gasteiger partial charge in [0.25, 0.3) is 0 Å². The summed E-state index contributed by atoms with van der Waals surface area (Å²) in [5.41, 5.74) is 3.67. The molecule has 4 N–H and O–H groups in total. The van der Waals surface area contributed by atoms with Gasteiger partial charge >= 0.3 is 6.18 Å². The van der Waals surface area contributed by atoms with E-state index in [4.69, 9.17) is 5.73 Å². The Kier molecular flexibility index (Phi) is 4.32. The number of pyridine rings is 1. The first-order valence-electron chi connectivity index (χ1n) is 6.99. The van der Waals surface area contributed by atoms with Crippen LogP contribution in [0, 0.1) is 5.92 Å². The van der Waals surface area contributed by atoms with E-state index in [1.165, 1.54) is 0 Å². The number of nitrogens with two attached hydrogens (primary N) is 1. The molecule has 0 saturated heterocycles. The molecule has 0 atom stereocenters. The number of hydrogen-bond acceptors (Lipinski definition) is 4. The van der Waals surface area contributed by atoms with Gasteiger partial charge in [-0.3, -0.25) is 0 Å². The number of nitrogens with one attached hydrogen (secondary N) is 1. The minimum Gasteiger partial charge on any atom is -0.388 e. The fourth-order valence-electron chi connectivity index (χ4n) is 2.54. The van der Waals surface area contributed by atoms with E-state index >= 15 is 0 Å². The van der Waals surface area contributed by atoms with Crippen LogP contribution in [0.5, 0.6) is 0 Å². The summed E-state index contributed by atoms with van der Waals surface area (Å²) >= 11 is 0. The van der Waals surface area contributed by atoms with Crippen molar-refractivity contribution in [3.63, 3.8) is 0 Å². The molecule has 1 aromatic heterocycles. The molecular weight excluding hydrogens is 283 g/mol. The van der Waals surface area contributed by atoms with Gasteiger partial charge in [0, 0.05) is 6.54 Å².